The highest BCUT2D eigenvalue weighted by Gasteiger charge is 2.17. The number of aryl methyl sites for hydroxylation is 1. The summed E-state index contributed by atoms with van der Waals surface area (Å²) < 4.78 is 13.2. The molecule has 0 aliphatic rings. The summed E-state index contributed by atoms with van der Waals surface area (Å²) in [7, 11) is 0. The number of fused-ring (bicyclic) bond motifs is 1. The number of nitrogens with one attached hydrogen (secondary N) is 1. The molecule has 4 rings (SSSR count). The Bertz CT molecular complexity index is 1050. The van der Waals surface area contributed by atoms with E-state index in [0.717, 1.165) is 45.3 Å². The summed E-state index contributed by atoms with van der Waals surface area (Å²) in [5.41, 5.74) is 4.15. The van der Waals surface area contributed by atoms with Gasteiger partial charge in [-0.3, -0.25) is 0 Å². The molecular formula is C21H22N4O2. The van der Waals surface area contributed by atoms with Crippen LogP contribution in [0.2, 0.25) is 0 Å². The first-order chi connectivity index (χ1) is 13.2. The Morgan fingerprint density at radius 3 is 2.63 bits per heavy atom. The van der Waals surface area contributed by atoms with Crippen LogP contribution in [0.3, 0.4) is 0 Å². The maximum atomic E-state index is 5.52. The van der Waals surface area contributed by atoms with Crippen molar-refractivity contribution in [2.45, 2.75) is 27.3 Å². The number of ether oxygens (including phenoxy) is 1. The molecule has 27 heavy (non-hydrogen) atoms. The second-order valence-corrected chi connectivity index (χ2v) is 6.38. The molecule has 6 nitrogen and oxygen atoms in total. The third-order valence-corrected chi connectivity index (χ3v) is 4.73. The normalized spacial score (nSPS) is 11.1. The molecule has 0 fully saturated rings. The zero-order valence-corrected chi connectivity index (χ0v) is 15.7. The molecule has 0 atom stereocenters. The molecule has 0 saturated carbocycles. The van der Waals surface area contributed by atoms with E-state index in [-0.39, 0.29) is 0 Å². The van der Waals surface area contributed by atoms with Gasteiger partial charge in [0.25, 0.3) is 0 Å². The first-order valence-electron chi connectivity index (χ1n) is 9.00. The molecule has 0 radical (unpaired) electrons. The van der Waals surface area contributed by atoms with Gasteiger partial charge in [-0.25, -0.2) is 9.97 Å². The Hall–Kier alpha value is -3.28. The third-order valence-electron chi connectivity index (χ3n) is 4.73. The van der Waals surface area contributed by atoms with Crippen molar-refractivity contribution >= 4 is 22.5 Å². The van der Waals surface area contributed by atoms with Crippen molar-refractivity contribution in [1.82, 2.24) is 14.5 Å². The number of benzene rings is 1. The quantitative estimate of drug-likeness (QED) is 0.532. The highest BCUT2D eigenvalue weighted by Crippen LogP contribution is 2.31. The van der Waals surface area contributed by atoms with Crippen LogP contribution in [0, 0.1) is 13.8 Å². The van der Waals surface area contributed by atoms with Gasteiger partial charge >= 0.3 is 0 Å². The van der Waals surface area contributed by atoms with Gasteiger partial charge in [-0.2, -0.15) is 0 Å². The number of hydrogen-bond acceptors (Lipinski definition) is 5. The molecule has 3 heterocycles. The molecule has 0 spiro atoms. The van der Waals surface area contributed by atoms with Gasteiger partial charge in [-0.1, -0.05) is 0 Å². The van der Waals surface area contributed by atoms with Crippen molar-refractivity contribution in [2.24, 2.45) is 0 Å². The average Bonchev–Trinajstić information content (AvgIpc) is 3.27. The predicted molar refractivity (Wildman–Crippen MR) is 106 cm³/mol. The zero-order valence-electron chi connectivity index (χ0n) is 15.7. The van der Waals surface area contributed by atoms with Crippen LogP contribution in [-0.4, -0.2) is 21.1 Å². The minimum absolute atomic E-state index is 0.642. The summed E-state index contributed by atoms with van der Waals surface area (Å²) in [6.45, 7) is 7.47. The van der Waals surface area contributed by atoms with E-state index < -0.39 is 0 Å². The Labute approximate surface area is 157 Å². The van der Waals surface area contributed by atoms with Gasteiger partial charge in [-0.15, -0.1) is 0 Å². The van der Waals surface area contributed by atoms with E-state index in [9.17, 15) is 0 Å². The summed E-state index contributed by atoms with van der Waals surface area (Å²) >= 11 is 0. The molecule has 6 heteroatoms. The molecular weight excluding hydrogens is 340 g/mol. The van der Waals surface area contributed by atoms with Crippen molar-refractivity contribution in [1.29, 1.82) is 0 Å². The number of rotatable bonds is 6. The van der Waals surface area contributed by atoms with Crippen LogP contribution in [0.15, 0.2) is 53.4 Å². The summed E-state index contributed by atoms with van der Waals surface area (Å²) in [6, 6.07) is 11.7. The van der Waals surface area contributed by atoms with Crippen LogP contribution in [0.5, 0.6) is 5.75 Å². The largest absolute Gasteiger partial charge is 0.494 e. The fraction of sp³-hybridized carbons (Fsp3) is 0.238. The highest BCUT2D eigenvalue weighted by molar-refractivity contribution is 5.93. The number of aromatic nitrogens is 3. The maximum Gasteiger partial charge on any atom is 0.146 e. The van der Waals surface area contributed by atoms with Crippen molar-refractivity contribution in [2.75, 3.05) is 11.9 Å². The van der Waals surface area contributed by atoms with Crippen molar-refractivity contribution in [3.8, 4) is 5.75 Å². The molecule has 0 aliphatic carbocycles. The van der Waals surface area contributed by atoms with Gasteiger partial charge in [-0.05, 0) is 62.7 Å². The van der Waals surface area contributed by atoms with Gasteiger partial charge in [0.15, 0.2) is 0 Å². The molecule has 4 aromatic rings. The summed E-state index contributed by atoms with van der Waals surface area (Å²) in [5.74, 6) is 2.55. The van der Waals surface area contributed by atoms with Gasteiger partial charge in [0.2, 0.25) is 0 Å². The van der Waals surface area contributed by atoms with E-state index in [1.807, 2.05) is 43.3 Å². The molecule has 3 aromatic heterocycles. The molecule has 0 unspecified atom stereocenters. The monoisotopic (exact) mass is 362 g/mol. The molecule has 0 aliphatic heterocycles. The van der Waals surface area contributed by atoms with Crippen LogP contribution in [0.4, 0.5) is 11.5 Å². The molecule has 0 saturated heterocycles. The minimum atomic E-state index is 0.642. The standard InChI is InChI=1S/C21H22N4O2/c1-4-26-17-9-7-16(8-10-17)24-20-19-14(2)15(3)25(21(19)23-13-22-20)12-18-6-5-11-27-18/h5-11,13H,4,12H2,1-3H3,(H,22,23,24). The molecule has 0 bridgehead atoms. The van der Waals surface area contributed by atoms with Crippen LogP contribution in [-0.2, 0) is 6.54 Å². The molecule has 1 N–H and O–H groups in total. The second-order valence-electron chi connectivity index (χ2n) is 6.38. The highest BCUT2D eigenvalue weighted by atomic mass is 16.5. The van der Waals surface area contributed by atoms with Crippen LogP contribution in [0.1, 0.15) is 23.9 Å². The lowest BCUT2D eigenvalue weighted by atomic mass is 10.2. The predicted octanol–water partition coefficient (Wildman–Crippen LogP) is 4.83. The van der Waals surface area contributed by atoms with Crippen molar-refractivity contribution in [3.63, 3.8) is 0 Å². The summed E-state index contributed by atoms with van der Waals surface area (Å²) in [5, 5.41) is 4.44. The lowest BCUT2D eigenvalue weighted by Gasteiger charge is -2.09. The van der Waals surface area contributed by atoms with Gasteiger partial charge in [0.05, 0.1) is 24.8 Å². The second kappa shape index (κ2) is 7.15. The lowest BCUT2D eigenvalue weighted by Crippen LogP contribution is -2.02. The fourth-order valence-corrected chi connectivity index (χ4v) is 3.25. The maximum absolute atomic E-state index is 5.52. The van der Waals surface area contributed by atoms with Gasteiger partial charge in [0.1, 0.15) is 29.3 Å². The van der Waals surface area contributed by atoms with Gasteiger partial charge < -0.3 is 19.0 Å². The Morgan fingerprint density at radius 2 is 1.93 bits per heavy atom. The number of hydrogen-bond donors (Lipinski definition) is 1. The zero-order chi connectivity index (χ0) is 18.8. The number of anilines is 2. The average molecular weight is 362 g/mol. The Morgan fingerprint density at radius 1 is 1.11 bits per heavy atom. The summed E-state index contributed by atoms with van der Waals surface area (Å²) in [4.78, 5) is 9.02. The first-order valence-corrected chi connectivity index (χ1v) is 9.00. The molecule has 1 aromatic carbocycles. The molecule has 138 valence electrons. The first kappa shape index (κ1) is 17.1. The van der Waals surface area contributed by atoms with Crippen LogP contribution in [0.25, 0.3) is 11.0 Å². The third kappa shape index (κ3) is 3.26. The molecule has 0 amide bonds. The van der Waals surface area contributed by atoms with E-state index >= 15 is 0 Å². The number of nitrogens with zero attached hydrogens (tertiary/aromatic N) is 3. The van der Waals surface area contributed by atoms with E-state index in [4.69, 9.17) is 9.15 Å². The summed E-state index contributed by atoms with van der Waals surface area (Å²) in [6.07, 6.45) is 3.29. The van der Waals surface area contributed by atoms with E-state index in [1.54, 1.807) is 12.6 Å². The Kier molecular flexibility index (Phi) is 4.54. The fourth-order valence-electron chi connectivity index (χ4n) is 3.25. The topological polar surface area (TPSA) is 65.1 Å². The van der Waals surface area contributed by atoms with Crippen LogP contribution < -0.4 is 10.1 Å². The van der Waals surface area contributed by atoms with Crippen molar-refractivity contribution < 1.29 is 9.15 Å². The van der Waals surface area contributed by atoms with E-state index in [2.05, 4.69) is 33.7 Å². The smallest absolute Gasteiger partial charge is 0.146 e. The van der Waals surface area contributed by atoms with E-state index in [1.165, 1.54) is 0 Å². The Balaban J connectivity index is 1.71. The van der Waals surface area contributed by atoms with Crippen LogP contribution >= 0.6 is 0 Å². The van der Waals surface area contributed by atoms with Gasteiger partial charge in [0, 0.05) is 11.4 Å². The van der Waals surface area contributed by atoms with Crippen molar-refractivity contribution in [3.05, 3.63) is 66.0 Å². The lowest BCUT2D eigenvalue weighted by molar-refractivity contribution is 0.340. The minimum Gasteiger partial charge on any atom is -0.494 e. The number of furan rings is 1. The van der Waals surface area contributed by atoms with E-state index in [0.29, 0.717) is 13.2 Å². The SMILES string of the molecule is CCOc1ccc(Nc2ncnc3c2c(C)c(C)n3Cc2ccco2)cc1.